The number of para-hydroxylation sites is 2. The Morgan fingerprint density at radius 1 is 0.854 bits per heavy atom. The molecule has 0 aliphatic rings. The average molecular weight is 565 g/mol. The van der Waals surface area contributed by atoms with E-state index in [0.717, 1.165) is 15.9 Å². The van der Waals surface area contributed by atoms with Crippen LogP contribution in [0, 0.1) is 0 Å². The molecule has 0 atom stereocenters. The molecule has 5 rings (SSSR count). The number of anilines is 1. The van der Waals surface area contributed by atoms with Crippen LogP contribution in [0.2, 0.25) is 0 Å². The summed E-state index contributed by atoms with van der Waals surface area (Å²) in [6.07, 6.45) is -0.304. The van der Waals surface area contributed by atoms with Crippen molar-refractivity contribution in [1.29, 1.82) is 0 Å². The highest BCUT2D eigenvalue weighted by Crippen LogP contribution is 2.57. The molecule has 0 saturated heterocycles. The lowest BCUT2D eigenvalue weighted by molar-refractivity contribution is -0.221. The Morgan fingerprint density at radius 2 is 1.37 bits per heavy atom. The van der Waals surface area contributed by atoms with Crippen LogP contribution in [-0.4, -0.2) is 34.2 Å². The molecule has 0 spiro atoms. The predicted octanol–water partition coefficient (Wildman–Crippen LogP) is 4.24. The van der Waals surface area contributed by atoms with Crippen molar-refractivity contribution in [3.05, 3.63) is 115 Å². The minimum absolute atomic E-state index is 0.133. The number of esters is 1. The number of hydrogen-bond donors (Lipinski definition) is 1. The van der Waals surface area contributed by atoms with Gasteiger partial charge in [-0.3, -0.25) is 14.4 Å². The number of nitrogens with one attached hydrogen (secondary N) is 1. The lowest BCUT2D eigenvalue weighted by atomic mass is 10.3. The molecule has 4 aromatic carbocycles. The van der Waals surface area contributed by atoms with Gasteiger partial charge in [-0.2, -0.15) is 0 Å². The van der Waals surface area contributed by atoms with Gasteiger partial charge in [0.05, 0.1) is 23.2 Å². The minimum Gasteiger partial charge on any atom is -0.846 e. The summed E-state index contributed by atoms with van der Waals surface area (Å²) >= 11 is 0. The van der Waals surface area contributed by atoms with Gasteiger partial charge in [0, 0.05) is 4.88 Å². The lowest BCUT2D eigenvalue weighted by Crippen LogP contribution is -2.30. The highest BCUT2D eigenvalue weighted by Gasteiger charge is 2.47. The van der Waals surface area contributed by atoms with Crippen molar-refractivity contribution < 1.29 is 14.6 Å². The molecule has 0 saturated carbocycles. The van der Waals surface area contributed by atoms with E-state index < -0.39 is 25.9 Å². The predicted molar refractivity (Wildman–Crippen MR) is 162 cm³/mol. The molecule has 206 valence electrons. The summed E-state index contributed by atoms with van der Waals surface area (Å²) in [6, 6.07) is 36.7. The third-order valence-corrected chi connectivity index (χ3v) is 9.68. The Bertz CT molecular complexity index is 1580. The smallest absolute Gasteiger partial charge is 0.327 e. The number of hydrogen-bond acceptors (Lipinski definition) is 7. The zero-order valence-electron chi connectivity index (χ0n) is 22.7. The van der Waals surface area contributed by atoms with Gasteiger partial charge in [-0.1, -0.05) is 66.7 Å². The molecule has 0 bridgehead atoms. The van der Waals surface area contributed by atoms with Crippen molar-refractivity contribution in [2.24, 2.45) is 15.1 Å². The standard InChI is InChI=1S/C31H29N6O3P/c1-23(2)40-29(38)22-32-31(39)37-28-21-13-12-20-27(28)33-30(37)34-35-36-41(24-14-6-3-7-15-24,25-16-8-4-9-17-25)26-18-10-5-11-19-26/h3-21,23H,22H2,1-2H3,(H-,32,33,34,36,39). The zero-order valence-corrected chi connectivity index (χ0v) is 23.6. The Hall–Kier alpha value is -4.88. The third kappa shape index (κ3) is 6.00. The van der Waals surface area contributed by atoms with Crippen LogP contribution in [0.3, 0.4) is 0 Å². The molecule has 0 radical (unpaired) electrons. The Balaban J connectivity index is 1.58. The number of nitrogens with zero attached hydrogens (tertiary/aromatic N) is 5. The first-order chi connectivity index (χ1) is 20.0. The number of imidazole rings is 1. The van der Waals surface area contributed by atoms with Crippen molar-refractivity contribution in [2.75, 3.05) is 12.0 Å². The summed E-state index contributed by atoms with van der Waals surface area (Å²) in [4.78, 5) is 25.5. The second kappa shape index (κ2) is 12.5. The van der Waals surface area contributed by atoms with Crippen molar-refractivity contribution >= 4 is 52.3 Å². The van der Waals surface area contributed by atoms with E-state index in [2.05, 4.69) is 57.0 Å². The van der Waals surface area contributed by atoms with Crippen molar-refractivity contribution in [2.45, 2.75) is 20.0 Å². The van der Waals surface area contributed by atoms with Crippen LogP contribution < -0.4 is 26.4 Å². The quantitative estimate of drug-likeness (QED) is 0.0718. The number of aliphatic imine (C=N–C) groups is 1. The fraction of sp³-hybridized carbons (Fsp3) is 0.129. The van der Waals surface area contributed by atoms with E-state index in [1.54, 1.807) is 32.0 Å². The molecule has 0 aliphatic heterocycles. The fourth-order valence-corrected chi connectivity index (χ4v) is 7.66. The van der Waals surface area contributed by atoms with E-state index in [4.69, 9.17) is 9.62 Å². The average Bonchev–Trinajstić information content (AvgIpc) is 3.37. The monoisotopic (exact) mass is 564 g/mol. The second-order valence-electron chi connectivity index (χ2n) is 9.34. The summed E-state index contributed by atoms with van der Waals surface area (Å²) in [7, 11) is -2.61. The summed E-state index contributed by atoms with van der Waals surface area (Å²) in [5.41, 5.74) is 3.99. The van der Waals surface area contributed by atoms with Gasteiger partial charge in [-0.15, -0.1) is 0 Å². The fourth-order valence-electron chi connectivity index (χ4n) is 4.47. The maximum absolute atomic E-state index is 13.2. The largest absolute Gasteiger partial charge is 0.846 e. The molecular weight excluding hydrogens is 535 g/mol. The molecule has 10 heteroatoms. The molecular formula is C31H29N6O3P. The maximum Gasteiger partial charge on any atom is 0.327 e. The number of carbonyl (C=O) groups is 1. The van der Waals surface area contributed by atoms with E-state index in [0.29, 0.717) is 11.0 Å². The summed E-state index contributed by atoms with van der Waals surface area (Å²) in [6.45, 7) is 3.06. The van der Waals surface area contributed by atoms with E-state index in [1.807, 2.05) is 60.7 Å². The van der Waals surface area contributed by atoms with Crippen LogP contribution in [0.15, 0.2) is 130 Å². The number of rotatable bonds is 9. The van der Waals surface area contributed by atoms with Crippen LogP contribution >= 0.6 is 7.41 Å². The van der Waals surface area contributed by atoms with E-state index in [1.165, 1.54) is 4.57 Å². The van der Waals surface area contributed by atoms with Gasteiger partial charge in [0.15, 0.2) is 0 Å². The first-order valence-electron chi connectivity index (χ1n) is 13.1. The molecule has 41 heavy (non-hydrogen) atoms. The highest BCUT2D eigenvalue weighted by atomic mass is 31.2. The van der Waals surface area contributed by atoms with Crippen LogP contribution in [0.1, 0.15) is 13.8 Å². The van der Waals surface area contributed by atoms with Gasteiger partial charge < -0.3 is 9.84 Å². The molecule has 0 fully saturated rings. The highest BCUT2D eigenvalue weighted by molar-refractivity contribution is 7.94. The number of fused-ring (bicyclic) bond motifs is 1. The van der Waals surface area contributed by atoms with Gasteiger partial charge in [-0.05, 0) is 67.6 Å². The van der Waals surface area contributed by atoms with Gasteiger partial charge in [-0.25, -0.2) is 10.4 Å². The van der Waals surface area contributed by atoms with E-state index in [-0.39, 0.29) is 12.1 Å². The van der Waals surface area contributed by atoms with Crippen molar-refractivity contribution in [3.8, 4) is 0 Å². The SMILES string of the molecule is CC(C)OC(=O)CN=C([O-])n1c(N/N=N/[P+](c2ccccc2)(c2ccccc2)c2ccccc2)nc2ccccc21. The summed E-state index contributed by atoms with van der Waals surface area (Å²) in [5, 5.41) is 20.7. The van der Waals surface area contributed by atoms with Crippen LogP contribution in [0.25, 0.3) is 11.0 Å². The molecule has 9 nitrogen and oxygen atoms in total. The Kier molecular flexibility index (Phi) is 8.46. The Labute approximate surface area is 238 Å². The van der Waals surface area contributed by atoms with Crippen LogP contribution in [-0.2, 0) is 9.53 Å². The topological polar surface area (TPSA) is 116 Å². The zero-order chi connectivity index (χ0) is 28.7. The maximum atomic E-state index is 13.2. The molecule has 5 aromatic rings. The van der Waals surface area contributed by atoms with Crippen LogP contribution in [0.5, 0.6) is 0 Å². The van der Waals surface area contributed by atoms with Gasteiger partial charge in [0.1, 0.15) is 22.5 Å². The lowest BCUT2D eigenvalue weighted by Gasteiger charge is -2.20. The molecule has 1 N–H and O–H groups in total. The van der Waals surface area contributed by atoms with Crippen LogP contribution in [0.4, 0.5) is 5.95 Å². The molecule has 0 aliphatic carbocycles. The molecule has 1 heterocycles. The first kappa shape index (κ1) is 27.7. The molecule has 1 aromatic heterocycles. The van der Waals surface area contributed by atoms with Gasteiger partial charge >= 0.3 is 5.97 Å². The first-order valence-corrected chi connectivity index (χ1v) is 14.9. The normalized spacial score (nSPS) is 12.2. The number of aromatic nitrogens is 2. The molecule has 0 unspecified atom stereocenters. The Morgan fingerprint density at radius 3 is 1.90 bits per heavy atom. The third-order valence-electron chi connectivity index (χ3n) is 6.18. The number of ether oxygens (including phenoxy) is 1. The van der Waals surface area contributed by atoms with E-state index in [9.17, 15) is 9.90 Å². The van der Waals surface area contributed by atoms with Gasteiger partial charge in [0.25, 0.3) is 7.41 Å². The summed E-state index contributed by atoms with van der Waals surface area (Å²) < 4.78 is 6.39. The number of benzene rings is 4. The second-order valence-corrected chi connectivity index (χ2v) is 12.3. The van der Waals surface area contributed by atoms with Crippen molar-refractivity contribution in [3.63, 3.8) is 0 Å². The summed E-state index contributed by atoms with van der Waals surface area (Å²) in [5.74, 6) is -0.455. The van der Waals surface area contributed by atoms with Gasteiger partial charge in [0.2, 0.25) is 5.95 Å². The van der Waals surface area contributed by atoms with E-state index >= 15 is 0 Å². The molecule has 0 amide bonds. The minimum atomic E-state index is -2.61. The number of carbonyl (C=O) groups excluding carboxylic acids is 1. The van der Waals surface area contributed by atoms with Crippen molar-refractivity contribution in [1.82, 2.24) is 9.55 Å².